The Balaban J connectivity index is 2.27. The lowest BCUT2D eigenvalue weighted by Crippen LogP contribution is -2.40. The number of nitrogens with one attached hydrogen (secondary N) is 1. The largest absolute Gasteiger partial charge is 0.379 e. The first-order valence-corrected chi connectivity index (χ1v) is 7.96. The summed E-state index contributed by atoms with van der Waals surface area (Å²) < 4.78 is 31.5. The zero-order valence-corrected chi connectivity index (χ0v) is 12.1. The average Bonchev–Trinajstić information content (AvgIpc) is 2.48. The van der Waals surface area contributed by atoms with E-state index in [4.69, 9.17) is 4.74 Å². The normalized spacial score (nSPS) is 16.9. The second-order valence-corrected chi connectivity index (χ2v) is 6.34. The fraction of sp³-hybridized carbons (Fsp3) is 0.462. The molecule has 0 atom stereocenters. The average molecular weight is 298 g/mol. The van der Waals surface area contributed by atoms with Gasteiger partial charge in [0.15, 0.2) is 0 Å². The first kappa shape index (κ1) is 15.0. The zero-order chi connectivity index (χ0) is 14.6. The van der Waals surface area contributed by atoms with Crippen LogP contribution in [-0.2, 0) is 14.8 Å². The van der Waals surface area contributed by atoms with Crippen molar-refractivity contribution in [1.82, 2.24) is 9.62 Å². The fourth-order valence-electron chi connectivity index (χ4n) is 2.00. The van der Waals surface area contributed by atoms with E-state index in [1.165, 1.54) is 16.4 Å². The number of carbonyl (C=O) groups excluding carboxylic acids is 1. The van der Waals surface area contributed by atoms with Gasteiger partial charge in [0.2, 0.25) is 10.0 Å². The van der Waals surface area contributed by atoms with E-state index in [2.05, 4.69) is 5.32 Å². The molecule has 2 rings (SSSR count). The number of hydrogen-bond donors (Lipinski definition) is 1. The Hall–Kier alpha value is -1.44. The van der Waals surface area contributed by atoms with Gasteiger partial charge in [-0.25, -0.2) is 8.42 Å². The number of ether oxygens (including phenoxy) is 1. The van der Waals surface area contributed by atoms with Crippen LogP contribution in [0.15, 0.2) is 29.2 Å². The minimum atomic E-state index is -3.56. The van der Waals surface area contributed by atoms with Gasteiger partial charge in [-0.05, 0) is 25.1 Å². The second-order valence-electron chi connectivity index (χ2n) is 4.40. The number of benzene rings is 1. The number of carbonyl (C=O) groups is 1. The van der Waals surface area contributed by atoms with Crippen LogP contribution in [0.3, 0.4) is 0 Å². The van der Waals surface area contributed by atoms with Gasteiger partial charge in [0.1, 0.15) is 0 Å². The van der Waals surface area contributed by atoms with E-state index in [0.717, 1.165) is 0 Å². The summed E-state index contributed by atoms with van der Waals surface area (Å²) in [7, 11) is -3.56. The highest BCUT2D eigenvalue weighted by Crippen LogP contribution is 2.18. The van der Waals surface area contributed by atoms with Gasteiger partial charge in [-0.2, -0.15) is 4.31 Å². The van der Waals surface area contributed by atoms with Gasteiger partial charge in [-0.3, -0.25) is 4.79 Å². The highest BCUT2D eigenvalue weighted by Gasteiger charge is 2.26. The summed E-state index contributed by atoms with van der Waals surface area (Å²) in [6.45, 7) is 3.79. The molecule has 7 heteroatoms. The Kier molecular flexibility index (Phi) is 4.74. The van der Waals surface area contributed by atoms with Gasteiger partial charge >= 0.3 is 0 Å². The van der Waals surface area contributed by atoms with Gasteiger partial charge in [0, 0.05) is 25.2 Å². The van der Waals surface area contributed by atoms with Crippen LogP contribution < -0.4 is 5.32 Å². The third-order valence-corrected chi connectivity index (χ3v) is 4.94. The Morgan fingerprint density at radius 1 is 1.35 bits per heavy atom. The zero-order valence-electron chi connectivity index (χ0n) is 11.3. The number of hydrogen-bond acceptors (Lipinski definition) is 4. The van der Waals surface area contributed by atoms with E-state index < -0.39 is 10.0 Å². The first-order chi connectivity index (χ1) is 9.55. The molecule has 6 nitrogen and oxygen atoms in total. The molecule has 1 heterocycles. The number of amides is 1. The van der Waals surface area contributed by atoms with E-state index >= 15 is 0 Å². The highest BCUT2D eigenvalue weighted by atomic mass is 32.2. The standard InChI is InChI=1S/C13H18N2O4S/c1-2-14-13(16)11-4-3-5-12(10-11)20(17,18)15-6-8-19-9-7-15/h3-5,10H,2,6-9H2,1H3,(H,14,16). The number of nitrogens with zero attached hydrogens (tertiary/aromatic N) is 1. The third-order valence-electron chi connectivity index (χ3n) is 3.04. The minimum Gasteiger partial charge on any atom is -0.379 e. The Morgan fingerprint density at radius 3 is 2.70 bits per heavy atom. The van der Waals surface area contributed by atoms with Crippen molar-refractivity contribution >= 4 is 15.9 Å². The van der Waals surface area contributed by atoms with Gasteiger partial charge < -0.3 is 10.1 Å². The van der Waals surface area contributed by atoms with Crippen LogP contribution >= 0.6 is 0 Å². The van der Waals surface area contributed by atoms with Crippen molar-refractivity contribution in [3.8, 4) is 0 Å². The van der Waals surface area contributed by atoms with E-state index in [-0.39, 0.29) is 10.8 Å². The van der Waals surface area contributed by atoms with Crippen LogP contribution in [0.25, 0.3) is 0 Å². The van der Waals surface area contributed by atoms with Crippen molar-refractivity contribution in [3.63, 3.8) is 0 Å². The predicted molar refractivity (Wildman–Crippen MR) is 74.0 cm³/mol. The summed E-state index contributed by atoms with van der Waals surface area (Å²) in [5.74, 6) is -0.272. The number of sulfonamides is 1. The maximum absolute atomic E-state index is 12.5. The summed E-state index contributed by atoms with van der Waals surface area (Å²) in [6.07, 6.45) is 0. The number of morpholine rings is 1. The molecule has 1 N–H and O–H groups in total. The molecule has 0 bridgehead atoms. The summed E-state index contributed by atoms with van der Waals surface area (Å²) in [4.78, 5) is 11.9. The molecule has 0 aliphatic carbocycles. The lowest BCUT2D eigenvalue weighted by Gasteiger charge is -2.26. The van der Waals surface area contributed by atoms with Crippen LogP contribution in [0.1, 0.15) is 17.3 Å². The molecule has 20 heavy (non-hydrogen) atoms. The molecule has 0 aromatic heterocycles. The van der Waals surface area contributed by atoms with E-state index in [1.807, 2.05) is 6.92 Å². The quantitative estimate of drug-likeness (QED) is 0.876. The van der Waals surface area contributed by atoms with E-state index in [0.29, 0.717) is 38.4 Å². The van der Waals surface area contributed by atoms with Crippen LogP contribution in [0.4, 0.5) is 0 Å². The number of rotatable bonds is 4. The monoisotopic (exact) mass is 298 g/mol. The van der Waals surface area contributed by atoms with E-state index in [1.54, 1.807) is 12.1 Å². The second kappa shape index (κ2) is 6.34. The molecule has 1 aromatic rings. The predicted octanol–water partition coefficient (Wildman–Crippen LogP) is 0.457. The van der Waals surface area contributed by atoms with Crippen molar-refractivity contribution in [2.24, 2.45) is 0 Å². The van der Waals surface area contributed by atoms with Crippen molar-refractivity contribution in [2.75, 3.05) is 32.8 Å². The molecule has 1 aliphatic rings. The molecule has 1 aliphatic heterocycles. The maximum Gasteiger partial charge on any atom is 0.251 e. The summed E-state index contributed by atoms with van der Waals surface area (Å²) in [6, 6.07) is 6.10. The molecule has 0 spiro atoms. The van der Waals surface area contributed by atoms with Gasteiger partial charge in [-0.15, -0.1) is 0 Å². The lowest BCUT2D eigenvalue weighted by atomic mass is 10.2. The summed E-state index contributed by atoms with van der Waals surface area (Å²) in [5.41, 5.74) is 0.348. The van der Waals surface area contributed by atoms with Gasteiger partial charge in [-0.1, -0.05) is 6.07 Å². The maximum atomic E-state index is 12.5. The molecule has 110 valence electrons. The van der Waals surface area contributed by atoms with Crippen LogP contribution in [-0.4, -0.2) is 51.5 Å². The molecular weight excluding hydrogens is 280 g/mol. The fourth-order valence-corrected chi connectivity index (χ4v) is 3.45. The van der Waals surface area contributed by atoms with Crippen LogP contribution in [0.5, 0.6) is 0 Å². The first-order valence-electron chi connectivity index (χ1n) is 6.52. The molecular formula is C13H18N2O4S. The topological polar surface area (TPSA) is 75.7 Å². The SMILES string of the molecule is CCNC(=O)c1cccc(S(=O)(=O)N2CCOCC2)c1. The Labute approximate surface area is 118 Å². The molecule has 1 aromatic carbocycles. The molecule has 1 amide bonds. The Bertz CT molecular complexity index is 580. The van der Waals surface area contributed by atoms with E-state index in [9.17, 15) is 13.2 Å². The minimum absolute atomic E-state index is 0.142. The van der Waals surface area contributed by atoms with Gasteiger partial charge in [0.05, 0.1) is 18.1 Å². The van der Waals surface area contributed by atoms with Crippen molar-refractivity contribution in [1.29, 1.82) is 0 Å². The molecule has 0 unspecified atom stereocenters. The molecule has 0 saturated carbocycles. The molecule has 1 fully saturated rings. The van der Waals surface area contributed by atoms with Gasteiger partial charge in [0.25, 0.3) is 5.91 Å². The molecule has 1 saturated heterocycles. The van der Waals surface area contributed by atoms with Crippen molar-refractivity contribution < 1.29 is 17.9 Å². The smallest absolute Gasteiger partial charge is 0.251 e. The van der Waals surface area contributed by atoms with Crippen molar-refractivity contribution in [3.05, 3.63) is 29.8 Å². The molecule has 0 radical (unpaired) electrons. The van der Waals surface area contributed by atoms with Crippen molar-refractivity contribution in [2.45, 2.75) is 11.8 Å². The summed E-state index contributed by atoms with van der Waals surface area (Å²) >= 11 is 0. The van der Waals surface area contributed by atoms with Crippen LogP contribution in [0.2, 0.25) is 0 Å². The summed E-state index contributed by atoms with van der Waals surface area (Å²) in [5, 5.41) is 2.65. The lowest BCUT2D eigenvalue weighted by molar-refractivity contribution is 0.0730. The van der Waals surface area contributed by atoms with Crippen LogP contribution in [0, 0.1) is 0 Å². The third kappa shape index (κ3) is 3.17. The Morgan fingerprint density at radius 2 is 2.05 bits per heavy atom. The highest BCUT2D eigenvalue weighted by molar-refractivity contribution is 7.89.